The van der Waals surface area contributed by atoms with Gasteiger partial charge in [-0.2, -0.15) is 0 Å². The third-order valence-electron chi connectivity index (χ3n) is 2.86. The summed E-state index contributed by atoms with van der Waals surface area (Å²) in [7, 11) is 0. The molecular weight excluding hydrogens is 195 g/mol. The zero-order chi connectivity index (χ0) is 10.7. The van der Waals surface area contributed by atoms with Gasteiger partial charge in [0.15, 0.2) is 5.82 Å². The molecule has 0 unspecified atom stereocenters. The van der Waals surface area contributed by atoms with Gasteiger partial charge in [0, 0.05) is 19.2 Å². The van der Waals surface area contributed by atoms with Crippen LogP contribution in [-0.2, 0) is 0 Å². The van der Waals surface area contributed by atoms with Crippen molar-refractivity contribution in [3.63, 3.8) is 0 Å². The Bertz CT molecular complexity index is 323. The largest absolute Gasteiger partial charge is 0.356 e. The monoisotopic (exact) mass is 210 g/mol. The van der Waals surface area contributed by atoms with Gasteiger partial charge in [-0.25, -0.2) is 15.5 Å². The zero-order valence-electron chi connectivity index (χ0n) is 8.78. The number of aromatic nitrogens is 2. The summed E-state index contributed by atoms with van der Waals surface area (Å²) < 4.78 is 12.2. The van der Waals surface area contributed by atoms with Crippen molar-refractivity contribution in [1.29, 1.82) is 0 Å². The fourth-order valence-electron chi connectivity index (χ4n) is 1.81. The molecule has 1 fully saturated rings. The van der Waals surface area contributed by atoms with Crippen LogP contribution < -0.4 is 10.4 Å². The van der Waals surface area contributed by atoms with E-state index in [-0.39, 0.29) is 5.82 Å². The van der Waals surface area contributed by atoms with E-state index in [9.17, 15) is 4.48 Å². The van der Waals surface area contributed by atoms with Crippen molar-refractivity contribution in [2.45, 2.75) is 19.8 Å². The molecule has 0 atom stereocenters. The van der Waals surface area contributed by atoms with Crippen LogP contribution in [0.25, 0.3) is 0 Å². The average Bonchev–Trinajstić information content (AvgIpc) is 2.30. The van der Waals surface area contributed by atoms with Crippen LogP contribution in [0.2, 0.25) is 0 Å². The van der Waals surface area contributed by atoms with Crippen molar-refractivity contribution in [2.75, 3.05) is 23.5 Å². The Balaban J connectivity index is 2.08. The molecular formula is C10H15FN4. The molecule has 2 rings (SSSR count). The molecule has 1 saturated heterocycles. The molecule has 2 heterocycles. The lowest BCUT2D eigenvalue weighted by atomic mass is 9.99. The molecule has 0 spiro atoms. The van der Waals surface area contributed by atoms with Crippen LogP contribution in [0.3, 0.4) is 0 Å². The molecule has 1 aromatic heterocycles. The number of halogens is 1. The Hall–Kier alpha value is -1.39. The topological polar surface area (TPSA) is 41.0 Å². The third kappa shape index (κ3) is 2.34. The number of rotatable bonds is 2. The van der Waals surface area contributed by atoms with Crippen molar-refractivity contribution in [2.24, 2.45) is 5.92 Å². The van der Waals surface area contributed by atoms with E-state index in [1.807, 2.05) is 0 Å². The first kappa shape index (κ1) is 10.1. The normalized spacial score (nSPS) is 17.9. The maximum Gasteiger partial charge on any atom is 0.159 e. The van der Waals surface area contributed by atoms with E-state index in [1.54, 1.807) is 6.07 Å². The number of anilines is 2. The van der Waals surface area contributed by atoms with E-state index >= 15 is 0 Å². The molecule has 5 heteroatoms. The van der Waals surface area contributed by atoms with E-state index in [4.69, 9.17) is 0 Å². The SMILES string of the molecule is CC1CCN(c2cc(NF)ncn2)CC1. The van der Waals surface area contributed by atoms with Crippen molar-refractivity contribution in [1.82, 2.24) is 9.97 Å². The Morgan fingerprint density at radius 1 is 1.40 bits per heavy atom. The second-order valence-corrected chi connectivity index (χ2v) is 4.03. The number of piperidine rings is 1. The smallest absolute Gasteiger partial charge is 0.159 e. The fraction of sp³-hybridized carbons (Fsp3) is 0.600. The summed E-state index contributed by atoms with van der Waals surface area (Å²) in [6.07, 6.45) is 3.72. The first-order valence-electron chi connectivity index (χ1n) is 5.23. The summed E-state index contributed by atoms with van der Waals surface area (Å²) >= 11 is 0. The predicted octanol–water partition coefficient (Wildman–Crippen LogP) is 2.01. The quantitative estimate of drug-likeness (QED) is 0.758. The molecule has 15 heavy (non-hydrogen) atoms. The van der Waals surface area contributed by atoms with Crippen LogP contribution in [0, 0.1) is 5.92 Å². The summed E-state index contributed by atoms with van der Waals surface area (Å²) in [5, 5.41) is 0. The van der Waals surface area contributed by atoms with Gasteiger partial charge in [-0.15, -0.1) is 4.48 Å². The van der Waals surface area contributed by atoms with Gasteiger partial charge in [0.05, 0.1) is 0 Å². The molecule has 0 saturated carbocycles. The predicted molar refractivity (Wildman–Crippen MR) is 57.4 cm³/mol. The number of hydrogen-bond donors (Lipinski definition) is 1. The van der Waals surface area contributed by atoms with Crippen LogP contribution in [0.15, 0.2) is 12.4 Å². The van der Waals surface area contributed by atoms with Gasteiger partial charge >= 0.3 is 0 Å². The van der Waals surface area contributed by atoms with Gasteiger partial charge in [-0.05, 0) is 18.8 Å². The Kier molecular flexibility index (Phi) is 2.99. The molecule has 4 nitrogen and oxygen atoms in total. The second-order valence-electron chi connectivity index (χ2n) is 4.03. The average molecular weight is 210 g/mol. The van der Waals surface area contributed by atoms with Crippen LogP contribution in [0.1, 0.15) is 19.8 Å². The zero-order valence-corrected chi connectivity index (χ0v) is 8.78. The summed E-state index contributed by atoms with van der Waals surface area (Å²) in [6.45, 7) is 4.24. The minimum atomic E-state index is 0.221. The summed E-state index contributed by atoms with van der Waals surface area (Å²) in [4.78, 5) is 10.1. The highest BCUT2D eigenvalue weighted by Crippen LogP contribution is 2.22. The lowest BCUT2D eigenvalue weighted by Gasteiger charge is -2.31. The number of hydrogen-bond acceptors (Lipinski definition) is 4. The van der Waals surface area contributed by atoms with Crippen molar-refractivity contribution in [3.05, 3.63) is 12.4 Å². The number of nitrogens with one attached hydrogen (secondary N) is 1. The van der Waals surface area contributed by atoms with Gasteiger partial charge in [0.2, 0.25) is 0 Å². The standard InChI is InChI=1S/C10H15FN4/c1-8-2-4-15(5-3-8)10-6-9(14-11)12-7-13-10/h6-8H,2-5H2,1H3,(H,12,13,14). The lowest BCUT2D eigenvalue weighted by molar-refractivity contribution is 0.436. The van der Waals surface area contributed by atoms with Crippen molar-refractivity contribution in [3.8, 4) is 0 Å². The van der Waals surface area contributed by atoms with E-state index in [1.165, 1.54) is 24.7 Å². The molecule has 0 aliphatic carbocycles. The van der Waals surface area contributed by atoms with Crippen LogP contribution in [0.4, 0.5) is 16.1 Å². The van der Waals surface area contributed by atoms with Crippen LogP contribution in [0.5, 0.6) is 0 Å². The van der Waals surface area contributed by atoms with E-state index in [0.717, 1.165) is 24.8 Å². The Labute approximate surface area is 88.5 Å². The van der Waals surface area contributed by atoms with E-state index in [0.29, 0.717) is 0 Å². The van der Waals surface area contributed by atoms with Gasteiger partial charge in [0.1, 0.15) is 12.1 Å². The molecule has 1 aliphatic heterocycles. The van der Waals surface area contributed by atoms with Crippen molar-refractivity contribution >= 4 is 11.6 Å². The highest BCUT2D eigenvalue weighted by molar-refractivity contribution is 5.47. The molecule has 1 N–H and O–H groups in total. The summed E-state index contributed by atoms with van der Waals surface area (Å²) in [5.41, 5.74) is 1.54. The minimum Gasteiger partial charge on any atom is -0.356 e. The molecule has 0 bridgehead atoms. The fourth-order valence-corrected chi connectivity index (χ4v) is 1.81. The summed E-state index contributed by atoms with van der Waals surface area (Å²) in [5.74, 6) is 1.80. The van der Waals surface area contributed by atoms with Crippen LogP contribution in [-0.4, -0.2) is 23.1 Å². The first-order valence-corrected chi connectivity index (χ1v) is 5.23. The Morgan fingerprint density at radius 2 is 2.13 bits per heavy atom. The minimum absolute atomic E-state index is 0.221. The molecule has 1 aromatic rings. The van der Waals surface area contributed by atoms with Crippen LogP contribution >= 0.6 is 0 Å². The molecule has 0 amide bonds. The number of nitrogens with zero attached hydrogens (tertiary/aromatic N) is 3. The highest BCUT2D eigenvalue weighted by atomic mass is 19.2. The molecule has 0 aromatic carbocycles. The second kappa shape index (κ2) is 4.42. The van der Waals surface area contributed by atoms with Gasteiger partial charge in [-0.3, -0.25) is 0 Å². The van der Waals surface area contributed by atoms with E-state index < -0.39 is 0 Å². The maximum absolute atomic E-state index is 12.2. The van der Waals surface area contributed by atoms with Gasteiger partial charge in [0.25, 0.3) is 0 Å². The third-order valence-corrected chi connectivity index (χ3v) is 2.86. The summed E-state index contributed by atoms with van der Waals surface area (Å²) in [6, 6.07) is 1.63. The van der Waals surface area contributed by atoms with Crippen molar-refractivity contribution < 1.29 is 4.48 Å². The first-order chi connectivity index (χ1) is 7.29. The highest BCUT2D eigenvalue weighted by Gasteiger charge is 2.17. The maximum atomic E-state index is 12.2. The lowest BCUT2D eigenvalue weighted by Crippen LogP contribution is -2.33. The van der Waals surface area contributed by atoms with Gasteiger partial charge in [-0.1, -0.05) is 6.92 Å². The van der Waals surface area contributed by atoms with E-state index in [2.05, 4.69) is 21.8 Å². The molecule has 0 radical (unpaired) electrons. The molecule has 82 valence electrons. The van der Waals surface area contributed by atoms with Gasteiger partial charge < -0.3 is 4.90 Å². The Morgan fingerprint density at radius 3 is 2.80 bits per heavy atom. The molecule has 1 aliphatic rings.